The number of hydrogen-bond donors (Lipinski definition) is 1. The molecule has 0 bridgehead atoms. The normalized spacial score (nSPS) is 11.6. The minimum absolute atomic E-state index is 0.468. The molecule has 146 valence electrons. The van der Waals surface area contributed by atoms with Gasteiger partial charge in [0.05, 0.1) is 13.7 Å². The molecule has 1 heterocycles. The summed E-state index contributed by atoms with van der Waals surface area (Å²) < 4.78 is 11.3. The molecular formula is C23H31NO3. The summed E-state index contributed by atoms with van der Waals surface area (Å²) in [5.74, 6) is 2.13. The van der Waals surface area contributed by atoms with Crippen molar-refractivity contribution in [2.24, 2.45) is 0 Å². The highest BCUT2D eigenvalue weighted by molar-refractivity contribution is 5.35. The van der Waals surface area contributed by atoms with E-state index in [2.05, 4.69) is 37.1 Å². The van der Waals surface area contributed by atoms with Gasteiger partial charge in [0.15, 0.2) is 5.60 Å². The predicted molar refractivity (Wildman–Crippen MR) is 110 cm³/mol. The van der Waals surface area contributed by atoms with Gasteiger partial charge in [0.2, 0.25) is 0 Å². The van der Waals surface area contributed by atoms with E-state index in [0.717, 1.165) is 31.0 Å². The van der Waals surface area contributed by atoms with E-state index in [-0.39, 0.29) is 0 Å². The molecule has 0 saturated carbocycles. The van der Waals surface area contributed by atoms with Crippen LogP contribution in [0, 0.1) is 0 Å². The molecule has 0 unspecified atom stereocenters. The van der Waals surface area contributed by atoms with Crippen molar-refractivity contribution in [2.45, 2.75) is 45.9 Å². The maximum atomic E-state index is 11.0. The molecule has 1 N–H and O–H groups in total. The van der Waals surface area contributed by atoms with Crippen molar-refractivity contribution in [3.8, 4) is 5.75 Å². The maximum Gasteiger partial charge on any atom is 0.163 e. The van der Waals surface area contributed by atoms with Crippen molar-refractivity contribution in [1.29, 1.82) is 0 Å². The summed E-state index contributed by atoms with van der Waals surface area (Å²) in [4.78, 5) is 2.32. The van der Waals surface area contributed by atoms with E-state index >= 15 is 0 Å². The molecule has 0 radical (unpaired) electrons. The van der Waals surface area contributed by atoms with Crippen LogP contribution in [0.1, 0.15) is 44.3 Å². The largest absolute Gasteiger partial charge is 0.497 e. The Morgan fingerprint density at radius 1 is 1.15 bits per heavy atom. The summed E-state index contributed by atoms with van der Waals surface area (Å²) in [6.07, 6.45) is 1.04. The average Bonchev–Trinajstić information content (AvgIpc) is 3.09. The number of rotatable bonds is 10. The molecule has 0 aliphatic rings. The zero-order chi connectivity index (χ0) is 20.0. The average molecular weight is 370 g/mol. The van der Waals surface area contributed by atoms with Gasteiger partial charge in [-0.3, -0.25) is 4.90 Å². The van der Waals surface area contributed by atoms with Gasteiger partial charge in [-0.15, -0.1) is 0 Å². The first-order chi connectivity index (χ1) is 12.8. The Labute approximate surface area is 162 Å². The lowest BCUT2D eigenvalue weighted by Gasteiger charge is -2.27. The third-order valence-electron chi connectivity index (χ3n) is 4.71. The fourth-order valence-electron chi connectivity index (χ4n) is 3.22. The van der Waals surface area contributed by atoms with Gasteiger partial charge in [0.1, 0.15) is 17.3 Å². The number of benzene rings is 1. The topological polar surface area (TPSA) is 45.8 Å². The lowest BCUT2D eigenvalue weighted by atomic mass is 9.87. The van der Waals surface area contributed by atoms with Crippen molar-refractivity contribution in [3.05, 3.63) is 77.8 Å². The standard InChI is InChI=1S/C23H31NO3/c1-7-13-24(15-19-9-8-10-20(14-19)26-6)16-21-11-12-22(27-21)23(25,17(2)3)18(4)5/h8-12,14,25H,2,4,7,13,15-16H2,1,3,5-6H3. The second-order valence-corrected chi connectivity index (χ2v) is 7.10. The first kappa shape index (κ1) is 21.0. The zero-order valence-corrected chi connectivity index (χ0v) is 16.9. The summed E-state index contributed by atoms with van der Waals surface area (Å²) in [6.45, 7) is 15.9. The number of methoxy groups -OCH3 is 1. The van der Waals surface area contributed by atoms with E-state index in [1.54, 1.807) is 21.0 Å². The van der Waals surface area contributed by atoms with Gasteiger partial charge in [-0.2, -0.15) is 0 Å². The number of hydrogen-bond acceptors (Lipinski definition) is 4. The lowest BCUT2D eigenvalue weighted by Crippen LogP contribution is -2.27. The summed E-state index contributed by atoms with van der Waals surface area (Å²) in [5.41, 5.74) is 1.05. The molecule has 0 aliphatic heterocycles. The second-order valence-electron chi connectivity index (χ2n) is 7.10. The highest BCUT2D eigenvalue weighted by atomic mass is 16.5. The Morgan fingerprint density at radius 2 is 1.85 bits per heavy atom. The molecule has 1 aromatic heterocycles. The summed E-state index contributed by atoms with van der Waals surface area (Å²) in [6, 6.07) is 11.8. The van der Waals surface area contributed by atoms with Crippen LogP contribution in [-0.2, 0) is 18.7 Å². The van der Waals surface area contributed by atoms with E-state index in [0.29, 0.717) is 23.5 Å². The van der Waals surface area contributed by atoms with Gasteiger partial charge < -0.3 is 14.3 Å². The first-order valence-corrected chi connectivity index (χ1v) is 9.30. The highest BCUT2D eigenvalue weighted by Crippen LogP contribution is 2.36. The molecule has 0 amide bonds. The van der Waals surface area contributed by atoms with Gasteiger partial charge >= 0.3 is 0 Å². The van der Waals surface area contributed by atoms with E-state index in [1.807, 2.05) is 24.3 Å². The lowest BCUT2D eigenvalue weighted by molar-refractivity contribution is 0.0878. The Bertz CT molecular complexity index is 776. The van der Waals surface area contributed by atoms with Crippen molar-refractivity contribution in [1.82, 2.24) is 4.90 Å². The molecular weight excluding hydrogens is 338 g/mol. The number of furan rings is 1. The second kappa shape index (κ2) is 9.07. The quantitative estimate of drug-likeness (QED) is 0.596. The van der Waals surface area contributed by atoms with Crippen LogP contribution in [0.4, 0.5) is 0 Å². The van der Waals surface area contributed by atoms with Gasteiger partial charge in [-0.25, -0.2) is 0 Å². The minimum Gasteiger partial charge on any atom is -0.497 e. The third-order valence-corrected chi connectivity index (χ3v) is 4.71. The van der Waals surface area contributed by atoms with Gasteiger partial charge in [0.25, 0.3) is 0 Å². The van der Waals surface area contributed by atoms with Crippen molar-refractivity contribution in [3.63, 3.8) is 0 Å². The summed E-state index contributed by atoms with van der Waals surface area (Å²) in [7, 11) is 1.68. The van der Waals surface area contributed by atoms with E-state index in [4.69, 9.17) is 9.15 Å². The smallest absolute Gasteiger partial charge is 0.163 e. The molecule has 4 heteroatoms. The molecule has 0 saturated heterocycles. The molecule has 2 rings (SSSR count). The number of nitrogens with zero attached hydrogens (tertiary/aromatic N) is 1. The predicted octanol–water partition coefficient (Wildman–Crippen LogP) is 5.04. The maximum absolute atomic E-state index is 11.0. The van der Waals surface area contributed by atoms with Gasteiger partial charge in [0, 0.05) is 6.54 Å². The van der Waals surface area contributed by atoms with Crippen LogP contribution in [-0.4, -0.2) is 23.7 Å². The highest BCUT2D eigenvalue weighted by Gasteiger charge is 2.34. The molecule has 4 nitrogen and oxygen atoms in total. The van der Waals surface area contributed by atoms with Crippen molar-refractivity contribution >= 4 is 0 Å². The van der Waals surface area contributed by atoms with E-state index < -0.39 is 5.60 Å². The molecule has 0 atom stereocenters. The Morgan fingerprint density at radius 3 is 2.44 bits per heavy atom. The SMILES string of the molecule is C=C(C)C(O)(C(=C)C)c1ccc(CN(CCC)Cc2cccc(OC)c2)o1. The van der Waals surface area contributed by atoms with Gasteiger partial charge in [-0.1, -0.05) is 32.2 Å². The van der Waals surface area contributed by atoms with E-state index in [1.165, 1.54) is 5.56 Å². The molecule has 1 aromatic carbocycles. The fraction of sp³-hybridized carbons (Fsp3) is 0.391. The van der Waals surface area contributed by atoms with Crippen LogP contribution in [0.5, 0.6) is 5.75 Å². The molecule has 0 spiro atoms. The number of ether oxygens (including phenoxy) is 1. The van der Waals surface area contributed by atoms with Crippen LogP contribution in [0.3, 0.4) is 0 Å². The van der Waals surface area contributed by atoms with E-state index in [9.17, 15) is 5.11 Å². The summed E-state index contributed by atoms with van der Waals surface area (Å²) >= 11 is 0. The van der Waals surface area contributed by atoms with Crippen LogP contribution in [0.15, 0.2) is 65.1 Å². The minimum atomic E-state index is -1.33. The zero-order valence-electron chi connectivity index (χ0n) is 16.9. The Balaban J connectivity index is 2.18. The van der Waals surface area contributed by atoms with Gasteiger partial charge in [-0.05, 0) is 67.8 Å². The summed E-state index contributed by atoms with van der Waals surface area (Å²) in [5, 5.41) is 11.0. The molecule has 2 aromatic rings. The van der Waals surface area contributed by atoms with Crippen LogP contribution >= 0.6 is 0 Å². The fourth-order valence-corrected chi connectivity index (χ4v) is 3.22. The van der Waals surface area contributed by atoms with Crippen molar-refractivity contribution < 1.29 is 14.3 Å². The van der Waals surface area contributed by atoms with Crippen LogP contribution in [0.25, 0.3) is 0 Å². The molecule has 27 heavy (non-hydrogen) atoms. The monoisotopic (exact) mass is 369 g/mol. The Hall–Kier alpha value is -2.30. The van der Waals surface area contributed by atoms with Crippen LogP contribution < -0.4 is 4.74 Å². The molecule has 0 fully saturated rings. The number of aliphatic hydroxyl groups is 1. The first-order valence-electron chi connectivity index (χ1n) is 9.30. The van der Waals surface area contributed by atoms with Crippen molar-refractivity contribution in [2.75, 3.05) is 13.7 Å². The molecule has 0 aliphatic carbocycles. The van der Waals surface area contributed by atoms with Crippen LogP contribution in [0.2, 0.25) is 0 Å². The third kappa shape index (κ3) is 4.90. The Kier molecular flexibility index (Phi) is 7.05.